The zero-order chi connectivity index (χ0) is 8.97. The highest BCUT2D eigenvalue weighted by molar-refractivity contribution is 5.79. The number of nitrogens with zero attached hydrogens (tertiary/aromatic N) is 1. The topological polar surface area (TPSA) is 21.6 Å². The molecule has 2 nitrogen and oxygen atoms in total. The van der Waals surface area contributed by atoms with Gasteiger partial charge in [-0.1, -0.05) is 5.16 Å². The van der Waals surface area contributed by atoms with E-state index < -0.39 is 11.6 Å². The highest BCUT2D eigenvalue weighted by Gasteiger charge is 2.04. The molecule has 4 heteroatoms. The summed E-state index contributed by atoms with van der Waals surface area (Å²) >= 11 is 0. The van der Waals surface area contributed by atoms with Crippen LogP contribution in [0, 0.1) is 17.7 Å². The second-order valence-electron chi connectivity index (χ2n) is 1.97. The molecular weight excluding hydrogens is 164 g/mol. The predicted molar refractivity (Wildman–Crippen MR) is 39.8 cm³/mol. The molecule has 0 atom stereocenters. The van der Waals surface area contributed by atoms with Crippen LogP contribution in [0.5, 0.6) is 0 Å². The molecule has 1 aromatic rings. The molecule has 1 radical (unpaired) electrons. The fourth-order valence-electron chi connectivity index (χ4n) is 0.684. The first-order chi connectivity index (χ1) is 5.75. The molecule has 0 N–H and O–H groups in total. The zero-order valence-corrected chi connectivity index (χ0v) is 6.34. The van der Waals surface area contributed by atoms with Crippen molar-refractivity contribution in [1.82, 2.24) is 0 Å². The van der Waals surface area contributed by atoms with Crippen LogP contribution < -0.4 is 0 Å². The molecular formula is C8H6F2NO. The van der Waals surface area contributed by atoms with E-state index >= 15 is 0 Å². The minimum absolute atomic E-state index is 0.251. The Balaban J connectivity index is 3.04. The van der Waals surface area contributed by atoms with E-state index in [0.29, 0.717) is 0 Å². The number of hydrogen-bond donors (Lipinski definition) is 0. The van der Waals surface area contributed by atoms with Gasteiger partial charge < -0.3 is 4.84 Å². The van der Waals surface area contributed by atoms with Crippen LogP contribution in [0.3, 0.4) is 0 Å². The summed E-state index contributed by atoms with van der Waals surface area (Å²) in [4.78, 5) is 4.28. The van der Waals surface area contributed by atoms with Gasteiger partial charge in [-0.25, -0.2) is 8.78 Å². The summed E-state index contributed by atoms with van der Waals surface area (Å²) in [7, 11) is 1.29. The van der Waals surface area contributed by atoms with Gasteiger partial charge >= 0.3 is 0 Å². The van der Waals surface area contributed by atoms with Crippen LogP contribution in [0.15, 0.2) is 17.3 Å². The number of oxime groups is 1. The Labute approximate surface area is 68.5 Å². The van der Waals surface area contributed by atoms with E-state index in [9.17, 15) is 8.78 Å². The molecule has 0 fully saturated rings. The van der Waals surface area contributed by atoms with E-state index in [-0.39, 0.29) is 5.56 Å². The first-order valence-electron chi connectivity index (χ1n) is 3.18. The van der Waals surface area contributed by atoms with Gasteiger partial charge in [-0.2, -0.15) is 0 Å². The van der Waals surface area contributed by atoms with Gasteiger partial charge in [0, 0.05) is 6.07 Å². The van der Waals surface area contributed by atoms with Crippen molar-refractivity contribution < 1.29 is 13.6 Å². The number of rotatable bonds is 2. The van der Waals surface area contributed by atoms with E-state index in [2.05, 4.69) is 16.1 Å². The third-order valence-electron chi connectivity index (χ3n) is 1.22. The third-order valence-corrected chi connectivity index (χ3v) is 1.22. The molecule has 0 amide bonds. The first kappa shape index (κ1) is 8.64. The monoisotopic (exact) mass is 170 g/mol. The van der Waals surface area contributed by atoms with E-state index in [1.54, 1.807) is 0 Å². The summed E-state index contributed by atoms with van der Waals surface area (Å²) in [6.45, 7) is 0. The Morgan fingerprint density at radius 3 is 2.92 bits per heavy atom. The predicted octanol–water partition coefficient (Wildman–Crippen LogP) is 1.75. The van der Waals surface area contributed by atoms with Crippen LogP contribution in [0.4, 0.5) is 8.78 Å². The summed E-state index contributed by atoms with van der Waals surface area (Å²) < 4.78 is 25.5. The summed E-state index contributed by atoms with van der Waals surface area (Å²) in [5.74, 6) is -1.47. The van der Waals surface area contributed by atoms with Gasteiger partial charge in [-0.15, -0.1) is 0 Å². The maximum absolute atomic E-state index is 12.8. The Bertz CT molecular complexity index is 279. The number of benzene rings is 1. The van der Waals surface area contributed by atoms with Crippen LogP contribution >= 0.6 is 0 Å². The second-order valence-corrected chi connectivity index (χ2v) is 1.97. The van der Waals surface area contributed by atoms with E-state index in [0.717, 1.165) is 18.3 Å². The van der Waals surface area contributed by atoms with Gasteiger partial charge in [0.25, 0.3) is 0 Å². The fourth-order valence-corrected chi connectivity index (χ4v) is 0.684. The maximum Gasteiger partial charge on any atom is 0.142 e. The van der Waals surface area contributed by atoms with Gasteiger partial charge in [0.2, 0.25) is 0 Å². The quantitative estimate of drug-likeness (QED) is 0.489. The van der Waals surface area contributed by atoms with Crippen LogP contribution in [0.25, 0.3) is 0 Å². The molecule has 1 rings (SSSR count). The van der Waals surface area contributed by atoms with Crippen molar-refractivity contribution in [3.05, 3.63) is 35.4 Å². The van der Waals surface area contributed by atoms with E-state index in [1.165, 1.54) is 7.11 Å². The van der Waals surface area contributed by atoms with Crippen LogP contribution in [0.1, 0.15) is 5.56 Å². The molecule has 0 aliphatic heterocycles. The van der Waals surface area contributed by atoms with Gasteiger partial charge in [0.05, 0.1) is 11.8 Å². The van der Waals surface area contributed by atoms with Crippen LogP contribution in [-0.4, -0.2) is 13.3 Å². The fraction of sp³-hybridized carbons (Fsp3) is 0.125. The average molecular weight is 170 g/mol. The van der Waals surface area contributed by atoms with Crippen molar-refractivity contribution in [3.8, 4) is 0 Å². The van der Waals surface area contributed by atoms with Gasteiger partial charge in [0.1, 0.15) is 18.7 Å². The molecule has 0 spiro atoms. The number of hydrogen-bond acceptors (Lipinski definition) is 2. The van der Waals surface area contributed by atoms with Crippen molar-refractivity contribution >= 4 is 6.21 Å². The molecule has 0 bridgehead atoms. The molecule has 0 aliphatic carbocycles. The SMILES string of the molecule is CON=Cc1c(F)[c]ccc1F. The largest absolute Gasteiger partial charge is 0.399 e. The summed E-state index contributed by atoms with van der Waals surface area (Å²) in [5.41, 5.74) is -0.251. The molecule has 63 valence electrons. The lowest BCUT2D eigenvalue weighted by Crippen LogP contribution is -1.93. The maximum atomic E-state index is 12.8. The minimum Gasteiger partial charge on any atom is -0.399 e. The lowest BCUT2D eigenvalue weighted by molar-refractivity contribution is 0.215. The molecule has 0 aromatic heterocycles. The Kier molecular flexibility index (Phi) is 2.74. The Hall–Kier alpha value is -1.45. The minimum atomic E-state index is -0.782. The molecule has 1 aromatic carbocycles. The smallest absolute Gasteiger partial charge is 0.142 e. The van der Waals surface area contributed by atoms with Crippen molar-refractivity contribution in [2.45, 2.75) is 0 Å². The molecule has 0 unspecified atom stereocenters. The van der Waals surface area contributed by atoms with Crippen molar-refractivity contribution in [3.63, 3.8) is 0 Å². The van der Waals surface area contributed by atoms with Crippen LogP contribution in [-0.2, 0) is 4.84 Å². The van der Waals surface area contributed by atoms with Gasteiger partial charge in [-0.3, -0.25) is 0 Å². The van der Waals surface area contributed by atoms with E-state index in [4.69, 9.17) is 0 Å². The van der Waals surface area contributed by atoms with Gasteiger partial charge in [0.15, 0.2) is 0 Å². The Morgan fingerprint density at radius 1 is 1.58 bits per heavy atom. The Morgan fingerprint density at radius 2 is 2.33 bits per heavy atom. The third kappa shape index (κ3) is 1.78. The summed E-state index contributed by atoms with van der Waals surface area (Å²) in [5, 5.41) is 3.24. The molecule has 0 heterocycles. The highest BCUT2D eigenvalue weighted by Crippen LogP contribution is 2.08. The molecule has 0 saturated carbocycles. The van der Waals surface area contributed by atoms with E-state index in [1.807, 2.05) is 0 Å². The molecule has 0 aliphatic rings. The first-order valence-corrected chi connectivity index (χ1v) is 3.18. The summed E-state index contributed by atoms with van der Waals surface area (Å²) in [6, 6.07) is 4.45. The van der Waals surface area contributed by atoms with Crippen molar-refractivity contribution in [2.75, 3.05) is 7.11 Å². The number of halogens is 2. The highest BCUT2D eigenvalue weighted by atomic mass is 19.1. The van der Waals surface area contributed by atoms with Crippen molar-refractivity contribution in [1.29, 1.82) is 0 Å². The lowest BCUT2D eigenvalue weighted by atomic mass is 10.2. The normalized spacial score (nSPS) is 10.6. The van der Waals surface area contributed by atoms with Crippen molar-refractivity contribution in [2.24, 2.45) is 5.16 Å². The standard InChI is InChI=1S/C8H6F2NO/c1-12-11-5-6-7(9)3-2-4-8(6)10/h2-3,5H,1H3. The van der Waals surface area contributed by atoms with Gasteiger partial charge in [-0.05, 0) is 12.1 Å². The lowest BCUT2D eigenvalue weighted by Gasteiger charge is -1.95. The second kappa shape index (κ2) is 3.80. The zero-order valence-electron chi connectivity index (χ0n) is 6.34. The molecule has 12 heavy (non-hydrogen) atoms. The summed E-state index contributed by atoms with van der Waals surface area (Å²) in [6.07, 6.45) is 0.959. The molecule has 0 saturated heterocycles. The average Bonchev–Trinajstić information content (AvgIpc) is 2.04. The van der Waals surface area contributed by atoms with Crippen LogP contribution in [0.2, 0.25) is 0 Å².